The topological polar surface area (TPSA) is 24.1 Å². The summed E-state index contributed by atoms with van der Waals surface area (Å²) in [5, 5.41) is 5.08. The monoisotopic (exact) mass is 320 g/mol. The van der Waals surface area contributed by atoms with Crippen molar-refractivity contribution in [1.29, 1.82) is 0 Å². The van der Waals surface area contributed by atoms with Crippen LogP contribution in [-0.4, -0.2) is 23.6 Å². The van der Waals surface area contributed by atoms with E-state index in [9.17, 15) is 17.6 Å². The number of halogens is 4. The third-order valence-electron chi connectivity index (χ3n) is 3.92. The molecule has 1 fully saturated rings. The van der Waals surface area contributed by atoms with Crippen molar-refractivity contribution < 1.29 is 17.6 Å². The van der Waals surface area contributed by atoms with Crippen molar-refractivity contribution in [2.45, 2.75) is 37.4 Å². The molecule has 0 saturated carbocycles. The summed E-state index contributed by atoms with van der Waals surface area (Å²) in [4.78, 5) is -0.342. The van der Waals surface area contributed by atoms with E-state index in [-0.39, 0.29) is 10.6 Å². The molecule has 0 unspecified atom stereocenters. The lowest BCUT2D eigenvalue weighted by Crippen LogP contribution is -2.66. The van der Waals surface area contributed by atoms with Crippen molar-refractivity contribution in [1.82, 2.24) is 5.32 Å². The van der Waals surface area contributed by atoms with Crippen LogP contribution in [0.25, 0.3) is 0 Å². The number of benzene rings is 1. The molecular formula is C14H16F4N2S. The highest BCUT2D eigenvalue weighted by Gasteiger charge is 2.61. The van der Waals surface area contributed by atoms with Gasteiger partial charge in [-0.05, 0) is 32.0 Å². The minimum atomic E-state index is -3.51. The van der Waals surface area contributed by atoms with Crippen LogP contribution in [0.2, 0.25) is 0 Å². The molecule has 1 aromatic rings. The number of hydrogen-bond donors (Lipinski definition) is 2. The number of piperidine rings is 1. The van der Waals surface area contributed by atoms with Crippen molar-refractivity contribution in [2.75, 3.05) is 12.4 Å². The molecule has 2 nitrogen and oxygen atoms in total. The Labute approximate surface area is 125 Å². The molecule has 0 bridgehead atoms. The zero-order valence-electron chi connectivity index (χ0n) is 11.9. The summed E-state index contributed by atoms with van der Waals surface area (Å²) in [6.07, 6.45) is -1.09. The van der Waals surface area contributed by atoms with E-state index in [2.05, 4.69) is 10.6 Å². The van der Waals surface area contributed by atoms with Crippen LogP contribution in [0.1, 0.15) is 25.8 Å². The first-order valence-corrected chi connectivity index (χ1v) is 6.81. The molecule has 116 valence electrons. The maximum absolute atomic E-state index is 14.5. The van der Waals surface area contributed by atoms with E-state index in [0.29, 0.717) is 5.69 Å². The molecule has 21 heavy (non-hydrogen) atoms. The van der Waals surface area contributed by atoms with Gasteiger partial charge in [0, 0.05) is 18.3 Å². The van der Waals surface area contributed by atoms with Gasteiger partial charge in [0.2, 0.25) is 0 Å². The standard InChI is InChI=1S/C14H16F4N2S/c1-12(16)7-14(17,18)13(2,20-11(12)21)9-6-8(19-3)4-5-10(9)15/h4-6,19H,7H2,1-3H3,(H,20,21)/t12-,13-/m1/s1. The van der Waals surface area contributed by atoms with E-state index >= 15 is 0 Å². The van der Waals surface area contributed by atoms with Gasteiger partial charge in [-0.3, -0.25) is 0 Å². The summed E-state index contributed by atoms with van der Waals surface area (Å²) < 4.78 is 57.1. The van der Waals surface area contributed by atoms with Gasteiger partial charge >= 0.3 is 0 Å². The van der Waals surface area contributed by atoms with E-state index in [1.807, 2.05) is 0 Å². The van der Waals surface area contributed by atoms with Gasteiger partial charge in [0.1, 0.15) is 16.3 Å². The highest BCUT2D eigenvalue weighted by atomic mass is 32.1. The van der Waals surface area contributed by atoms with Crippen LogP contribution in [0, 0.1) is 5.82 Å². The first kappa shape index (κ1) is 16.0. The van der Waals surface area contributed by atoms with Gasteiger partial charge in [-0.2, -0.15) is 0 Å². The number of nitrogens with one attached hydrogen (secondary N) is 2. The second-order valence-corrected chi connectivity index (χ2v) is 6.01. The van der Waals surface area contributed by atoms with Crippen molar-refractivity contribution in [3.8, 4) is 0 Å². The molecule has 1 heterocycles. The third kappa shape index (κ3) is 2.47. The molecule has 2 rings (SSSR count). The Kier molecular flexibility index (Phi) is 3.68. The maximum Gasteiger partial charge on any atom is 0.278 e. The van der Waals surface area contributed by atoms with Crippen molar-refractivity contribution >= 4 is 22.9 Å². The molecule has 0 aliphatic carbocycles. The molecule has 2 N–H and O–H groups in total. The Balaban J connectivity index is 2.57. The van der Waals surface area contributed by atoms with E-state index in [1.54, 1.807) is 7.05 Å². The number of hydrogen-bond acceptors (Lipinski definition) is 2. The van der Waals surface area contributed by atoms with Gasteiger partial charge in [0.05, 0.1) is 6.42 Å². The average molecular weight is 320 g/mol. The molecule has 0 aromatic heterocycles. The fourth-order valence-corrected chi connectivity index (χ4v) is 2.73. The van der Waals surface area contributed by atoms with Gasteiger partial charge in [-0.25, -0.2) is 17.6 Å². The average Bonchev–Trinajstić information content (AvgIpc) is 2.36. The summed E-state index contributed by atoms with van der Waals surface area (Å²) in [5.41, 5.74) is -4.20. The Morgan fingerprint density at radius 3 is 2.43 bits per heavy atom. The summed E-state index contributed by atoms with van der Waals surface area (Å²) in [5.74, 6) is -4.31. The van der Waals surface area contributed by atoms with Crippen LogP contribution in [0.3, 0.4) is 0 Å². The van der Waals surface area contributed by atoms with Crippen LogP contribution in [0.15, 0.2) is 18.2 Å². The number of rotatable bonds is 2. The van der Waals surface area contributed by atoms with E-state index < -0.39 is 29.4 Å². The predicted molar refractivity (Wildman–Crippen MR) is 78.1 cm³/mol. The lowest BCUT2D eigenvalue weighted by Gasteiger charge is -2.47. The van der Waals surface area contributed by atoms with Crippen molar-refractivity contribution in [3.63, 3.8) is 0 Å². The molecule has 0 radical (unpaired) electrons. The molecule has 0 amide bonds. The Hall–Kier alpha value is -1.37. The van der Waals surface area contributed by atoms with Gasteiger partial charge < -0.3 is 10.6 Å². The third-order valence-corrected chi connectivity index (χ3v) is 4.44. The van der Waals surface area contributed by atoms with Gasteiger partial charge in [0.15, 0.2) is 5.67 Å². The second-order valence-electron chi connectivity index (χ2n) is 5.60. The van der Waals surface area contributed by atoms with Crippen LogP contribution in [-0.2, 0) is 5.54 Å². The molecule has 1 aromatic carbocycles. The number of alkyl halides is 3. The summed E-state index contributed by atoms with van der Waals surface area (Å²) in [7, 11) is 1.59. The van der Waals surface area contributed by atoms with Gasteiger partial charge in [-0.1, -0.05) is 12.2 Å². The van der Waals surface area contributed by atoms with Crippen molar-refractivity contribution in [2.24, 2.45) is 0 Å². The maximum atomic E-state index is 14.5. The van der Waals surface area contributed by atoms with Crippen LogP contribution in [0.4, 0.5) is 23.2 Å². The SMILES string of the molecule is CNc1ccc(F)c([C@@]2(C)NC(=S)[C@](C)(F)CC2(F)F)c1. The zero-order valence-corrected chi connectivity index (χ0v) is 12.7. The normalized spacial score (nSPS) is 31.7. The van der Waals surface area contributed by atoms with Crippen molar-refractivity contribution in [3.05, 3.63) is 29.6 Å². The highest BCUT2D eigenvalue weighted by Crippen LogP contribution is 2.48. The minimum Gasteiger partial charge on any atom is -0.388 e. The first-order chi connectivity index (χ1) is 9.53. The van der Waals surface area contributed by atoms with E-state index in [4.69, 9.17) is 12.2 Å². The Morgan fingerprint density at radius 1 is 1.24 bits per heavy atom. The fraction of sp³-hybridized carbons (Fsp3) is 0.500. The molecule has 2 atom stereocenters. The quantitative estimate of drug-likeness (QED) is 0.641. The predicted octanol–water partition coefficient (Wildman–Crippen LogP) is 3.77. The molecular weight excluding hydrogens is 304 g/mol. The lowest BCUT2D eigenvalue weighted by molar-refractivity contribution is -0.119. The Morgan fingerprint density at radius 2 is 1.86 bits per heavy atom. The first-order valence-electron chi connectivity index (χ1n) is 6.41. The zero-order chi connectivity index (χ0) is 16.1. The highest BCUT2D eigenvalue weighted by molar-refractivity contribution is 7.80. The fourth-order valence-electron chi connectivity index (χ4n) is 2.45. The second kappa shape index (κ2) is 4.83. The van der Waals surface area contributed by atoms with Crippen LogP contribution >= 0.6 is 12.2 Å². The largest absolute Gasteiger partial charge is 0.388 e. The molecule has 7 heteroatoms. The van der Waals surface area contributed by atoms with Gasteiger partial charge in [-0.15, -0.1) is 0 Å². The lowest BCUT2D eigenvalue weighted by atomic mass is 9.76. The smallest absolute Gasteiger partial charge is 0.278 e. The number of anilines is 1. The molecule has 1 aliphatic heterocycles. The summed E-state index contributed by atoms with van der Waals surface area (Å²) in [6, 6.07) is 3.80. The van der Waals surface area contributed by atoms with Crippen LogP contribution < -0.4 is 10.6 Å². The molecule has 0 spiro atoms. The van der Waals surface area contributed by atoms with E-state index in [0.717, 1.165) is 19.9 Å². The molecule has 1 aliphatic rings. The molecule has 1 saturated heterocycles. The summed E-state index contributed by atoms with van der Waals surface area (Å²) in [6.45, 7) is 2.13. The van der Waals surface area contributed by atoms with Gasteiger partial charge in [0.25, 0.3) is 5.92 Å². The number of thiocarbonyl (C=S) groups is 1. The van der Waals surface area contributed by atoms with Crippen LogP contribution in [0.5, 0.6) is 0 Å². The minimum absolute atomic E-state index is 0.253. The van der Waals surface area contributed by atoms with E-state index in [1.165, 1.54) is 12.1 Å². The Bertz CT molecular complexity index is 588. The summed E-state index contributed by atoms with van der Waals surface area (Å²) >= 11 is 4.84.